The molecule has 0 aromatic heterocycles. The summed E-state index contributed by atoms with van der Waals surface area (Å²) in [5.74, 6) is 13.7. The molecule has 3 rings (SSSR count). The number of benzene rings is 3. The Hall–Kier alpha value is -5.74. The maximum absolute atomic E-state index is 7.51. The predicted octanol–water partition coefficient (Wildman–Crippen LogP) is 2.64. The summed E-state index contributed by atoms with van der Waals surface area (Å²) in [6.45, 7) is 0.984. The van der Waals surface area contributed by atoms with Crippen LogP contribution in [0.25, 0.3) is 0 Å². The Morgan fingerprint density at radius 2 is 0.870 bits per heavy atom. The summed E-state index contributed by atoms with van der Waals surface area (Å²) < 4.78 is 0. The van der Waals surface area contributed by atoms with Crippen molar-refractivity contribution in [3.63, 3.8) is 0 Å². The summed E-state index contributed by atoms with van der Waals surface area (Å²) in [6.07, 6.45) is 5.65. The first-order valence-corrected chi connectivity index (χ1v) is 15.2. The fourth-order valence-electron chi connectivity index (χ4n) is 4.80. The highest BCUT2D eigenvalue weighted by atomic mass is 15.0. The minimum Gasteiger partial charge on any atom is -0.388 e. The maximum atomic E-state index is 7.51. The molecule has 0 aliphatic carbocycles. The topological polar surface area (TPSA) is 229 Å². The average molecular weight is 617 g/mol. The molecule has 0 atom stereocenters. The van der Waals surface area contributed by atoms with E-state index >= 15 is 0 Å². The molecule has 238 valence electrons. The molecule has 10 heteroatoms. The molecule has 0 fully saturated rings. The van der Waals surface area contributed by atoms with E-state index in [9.17, 15) is 0 Å². The van der Waals surface area contributed by atoms with Crippen molar-refractivity contribution in [1.29, 1.82) is 10.8 Å². The van der Waals surface area contributed by atoms with Crippen LogP contribution in [0.3, 0.4) is 0 Å². The molecular formula is C36H44N10. The number of aliphatic imine (C=N–C) groups is 2. The van der Waals surface area contributed by atoms with Crippen molar-refractivity contribution in [2.75, 3.05) is 13.1 Å². The van der Waals surface area contributed by atoms with Crippen LogP contribution in [0.5, 0.6) is 0 Å². The smallest absolute Gasteiger partial charge is 0.185 e. The van der Waals surface area contributed by atoms with E-state index in [0.717, 1.165) is 70.2 Å². The van der Waals surface area contributed by atoms with E-state index in [0.29, 0.717) is 38.8 Å². The van der Waals surface area contributed by atoms with Gasteiger partial charge in [0, 0.05) is 48.2 Å². The molecule has 0 amide bonds. The van der Waals surface area contributed by atoms with E-state index in [1.807, 2.05) is 24.3 Å². The van der Waals surface area contributed by atoms with Crippen LogP contribution >= 0.6 is 0 Å². The van der Waals surface area contributed by atoms with Crippen molar-refractivity contribution >= 4 is 23.6 Å². The van der Waals surface area contributed by atoms with Crippen LogP contribution < -0.4 is 34.4 Å². The monoisotopic (exact) mass is 616 g/mol. The molecule has 0 radical (unpaired) electrons. The number of nitrogens with two attached hydrogens (primary N) is 6. The van der Waals surface area contributed by atoms with E-state index in [1.165, 1.54) is 0 Å². The van der Waals surface area contributed by atoms with Gasteiger partial charge in [0.2, 0.25) is 0 Å². The number of nitrogens with zero attached hydrogens (tertiary/aromatic N) is 2. The first-order valence-electron chi connectivity index (χ1n) is 15.2. The van der Waals surface area contributed by atoms with Crippen LogP contribution in [0.15, 0.2) is 70.6 Å². The summed E-state index contributed by atoms with van der Waals surface area (Å²) in [5.41, 5.74) is 41.0. The number of amidine groups is 2. The molecule has 0 unspecified atom stereocenters. The van der Waals surface area contributed by atoms with E-state index in [-0.39, 0.29) is 23.6 Å². The molecule has 46 heavy (non-hydrogen) atoms. The van der Waals surface area contributed by atoms with Gasteiger partial charge in [-0.15, -0.1) is 0 Å². The van der Waals surface area contributed by atoms with Crippen LogP contribution in [-0.4, -0.2) is 36.7 Å². The molecule has 0 aliphatic heterocycles. The molecule has 3 aromatic carbocycles. The molecule has 0 spiro atoms. The first kappa shape index (κ1) is 34.7. The third kappa shape index (κ3) is 13.7. The van der Waals surface area contributed by atoms with Gasteiger partial charge < -0.3 is 34.4 Å². The molecule has 0 heterocycles. The standard InChI is InChI=1S/C36H44N10/c37-33(38)8-2-6-27-19-29(23-31(21-27)14-16-45-35(41)42)12-10-25-4-1-5-26(18-25)11-13-30-20-28(7-3-9-34(39)40)22-32(24-30)15-17-46-36(43)44/h1,4-5,18-24H,2-3,6-9,14-17H2,(H3,37,38)(H3,39,40)(H4,41,42,45)(H4,43,44,46). The fraction of sp³-hybridized carbons (Fsp3) is 0.278. The Balaban J connectivity index is 1.84. The highest BCUT2D eigenvalue weighted by Crippen LogP contribution is 2.16. The molecule has 10 nitrogen and oxygen atoms in total. The van der Waals surface area contributed by atoms with Gasteiger partial charge in [0.15, 0.2) is 11.9 Å². The Labute approximate surface area is 271 Å². The van der Waals surface area contributed by atoms with Gasteiger partial charge in [0.1, 0.15) is 0 Å². The van der Waals surface area contributed by atoms with Gasteiger partial charge in [-0.05, 0) is 103 Å². The van der Waals surface area contributed by atoms with Gasteiger partial charge >= 0.3 is 0 Å². The number of aryl methyl sites for hydroxylation is 2. The Bertz CT molecular complexity index is 1580. The van der Waals surface area contributed by atoms with E-state index in [2.05, 4.69) is 70.1 Å². The lowest BCUT2D eigenvalue weighted by Crippen LogP contribution is -2.23. The number of nitrogens with one attached hydrogen (secondary N) is 2. The van der Waals surface area contributed by atoms with Crippen molar-refractivity contribution in [1.82, 2.24) is 0 Å². The molecule has 0 saturated carbocycles. The van der Waals surface area contributed by atoms with Crippen molar-refractivity contribution < 1.29 is 0 Å². The lowest BCUT2D eigenvalue weighted by Gasteiger charge is -2.07. The first-order chi connectivity index (χ1) is 22.0. The Morgan fingerprint density at radius 1 is 0.500 bits per heavy atom. The van der Waals surface area contributed by atoms with Crippen LogP contribution in [0.4, 0.5) is 0 Å². The van der Waals surface area contributed by atoms with Gasteiger partial charge in [-0.2, -0.15) is 0 Å². The summed E-state index contributed by atoms with van der Waals surface area (Å²) >= 11 is 0. The van der Waals surface area contributed by atoms with Crippen LogP contribution in [-0.2, 0) is 25.7 Å². The van der Waals surface area contributed by atoms with Crippen LogP contribution in [0.1, 0.15) is 70.2 Å². The van der Waals surface area contributed by atoms with Crippen LogP contribution in [0.2, 0.25) is 0 Å². The van der Waals surface area contributed by atoms with E-state index in [4.69, 9.17) is 45.2 Å². The zero-order valence-corrected chi connectivity index (χ0v) is 26.2. The van der Waals surface area contributed by atoms with Gasteiger partial charge in [0.05, 0.1) is 11.7 Å². The van der Waals surface area contributed by atoms with Crippen molar-refractivity contribution in [2.24, 2.45) is 44.4 Å². The summed E-state index contributed by atoms with van der Waals surface area (Å²) in [6, 6.07) is 20.4. The SMILES string of the molecule is N=C(N)CCCc1cc(C#Cc2cccc(C#Cc3cc(CCCC(=N)N)cc(CCN=C(N)N)c3)c2)cc(CCN=C(N)N)c1. The predicted molar refractivity (Wildman–Crippen MR) is 190 cm³/mol. The summed E-state index contributed by atoms with van der Waals surface area (Å²) in [4.78, 5) is 8.22. The average Bonchev–Trinajstić information content (AvgIpc) is 2.98. The Kier molecular flexibility index (Phi) is 13.7. The highest BCUT2D eigenvalue weighted by Gasteiger charge is 2.04. The lowest BCUT2D eigenvalue weighted by atomic mass is 9.99. The third-order valence-corrected chi connectivity index (χ3v) is 6.88. The molecule has 0 aliphatic rings. The molecular weight excluding hydrogens is 572 g/mol. The second kappa shape index (κ2) is 18.2. The van der Waals surface area contributed by atoms with Crippen molar-refractivity contribution in [3.8, 4) is 23.7 Å². The van der Waals surface area contributed by atoms with Gasteiger partial charge in [-0.25, -0.2) is 0 Å². The van der Waals surface area contributed by atoms with Crippen molar-refractivity contribution in [2.45, 2.75) is 51.4 Å². The number of hydrogen-bond donors (Lipinski definition) is 8. The molecule has 14 N–H and O–H groups in total. The van der Waals surface area contributed by atoms with E-state index < -0.39 is 0 Å². The number of hydrogen-bond acceptors (Lipinski definition) is 4. The largest absolute Gasteiger partial charge is 0.388 e. The molecule has 0 saturated heterocycles. The number of guanidine groups is 2. The number of rotatable bonds is 14. The van der Waals surface area contributed by atoms with Gasteiger partial charge in [-0.1, -0.05) is 41.9 Å². The van der Waals surface area contributed by atoms with Gasteiger partial charge in [-0.3, -0.25) is 20.8 Å². The Morgan fingerprint density at radius 3 is 1.24 bits per heavy atom. The van der Waals surface area contributed by atoms with Gasteiger partial charge in [0.25, 0.3) is 0 Å². The normalized spacial score (nSPS) is 10.1. The van der Waals surface area contributed by atoms with Crippen molar-refractivity contribution in [3.05, 3.63) is 105 Å². The minimum atomic E-state index is 0.0706. The second-order valence-corrected chi connectivity index (χ2v) is 11.0. The third-order valence-electron chi connectivity index (χ3n) is 6.88. The molecule has 0 bridgehead atoms. The zero-order valence-electron chi connectivity index (χ0n) is 26.2. The quantitative estimate of drug-likeness (QED) is 0.0770. The molecule has 3 aromatic rings. The van der Waals surface area contributed by atoms with Crippen LogP contribution in [0, 0.1) is 34.5 Å². The highest BCUT2D eigenvalue weighted by molar-refractivity contribution is 5.77. The second-order valence-electron chi connectivity index (χ2n) is 11.0. The van der Waals surface area contributed by atoms with E-state index in [1.54, 1.807) is 0 Å². The zero-order chi connectivity index (χ0) is 33.3. The fourth-order valence-corrected chi connectivity index (χ4v) is 4.80. The lowest BCUT2D eigenvalue weighted by molar-refractivity contribution is 0.852. The summed E-state index contributed by atoms with van der Waals surface area (Å²) in [7, 11) is 0. The minimum absolute atomic E-state index is 0.0706. The summed E-state index contributed by atoms with van der Waals surface area (Å²) in [5, 5.41) is 15.0. The maximum Gasteiger partial charge on any atom is 0.185 e.